The maximum absolute atomic E-state index is 13.9. The zero-order valence-corrected chi connectivity index (χ0v) is 16.1. The number of amides is 1. The molecule has 1 aliphatic heterocycles. The summed E-state index contributed by atoms with van der Waals surface area (Å²) >= 11 is 4.88. The zero-order valence-electron chi connectivity index (χ0n) is 13.7. The van der Waals surface area contributed by atoms with E-state index in [2.05, 4.69) is 32.2 Å². The Hall–Kier alpha value is -1.28. The van der Waals surface area contributed by atoms with Gasteiger partial charge < -0.3 is 10.1 Å². The first-order valence-corrected chi connectivity index (χ1v) is 9.88. The van der Waals surface area contributed by atoms with E-state index in [1.165, 1.54) is 10.9 Å². The molecular formula is C18H20BrFN2O2S. The highest BCUT2D eigenvalue weighted by Gasteiger charge is 2.21. The summed E-state index contributed by atoms with van der Waals surface area (Å²) in [6.45, 7) is 2.38. The predicted octanol–water partition coefficient (Wildman–Crippen LogP) is 4.27. The van der Waals surface area contributed by atoms with Crippen molar-refractivity contribution in [2.24, 2.45) is 0 Å². The number of nitrogens with zero attached hydrogens (tertiary/aromatic N) is 1. The lowest BCUT2D eigenvalue weighted by atomic mass is 10.2. The molecule has 1 saturated heterocycles. The molecule has 1 amide bonds. The quantitative estimate of drug-likeness (QED) is 0.718. The van der Waals surface area contributed by atoms with Crippen molar-refractivity contribution in [2.75, 3.05) is 25.0 Å². The Labute approximate surface area is 159 Å². The zero-order chi connectivity index (χ0) is 17.6. The van der Waals surface area contributed by atoms with Crippen LogP contribution in [-0.4, -0.2) is 36.6 Å². The normalized spacial score (nSPS) is 17.2. The topological polar surface area (TPSA) is 41.6 Å². The van der Waals surface area contributed by atoms with Crippen molar-refractivity contribution >= 4 is 38.9 Å². The van der Waals surface area contributed by atoms with E-state index in [1.54, 1.807) is 23.5 Å². The van der Waals surface area contributed by atoms with Crippen molar-refractivity contribution in [3.05, 3.63) is 50.9 Å². The van der Waals surface area contributed by atoms with Crippen LogP contribution in [0.1, 0.15) is 17.7 Å². The molecule has 1 unspecified atom stereocenters. The molecule has 0 saturated carbocycles. The molecule has 1 fully saturated rings. The minimum Gasteiger partial charge on any atom is -0.377 e. The van der Waals surface area contributed by atoms with Crippen molar-refractivity contribution < 1.29 is 13.9 Å². The van der Waals surface area contributed by atoms with Crippen molar-refractivity contribution in [2.45, 2.75) is 25.5 Å². The number of anilines is 1. The Kier molecular flexibility index (Phi) is 6.58. The summed E-state index contributed by atoms with van der Waals surface area (Å²) < 4.78 is 20.2. The first-order valence-electron chi connectivity index (χ1n) is 8.21. The van der Waals surface area contributed by atoms with Crippen LogP contribution in [0.15, 0.2) is 40.2 Å². The molecular weight excluding hydrogens is 407 g/mol. The summed E-state index contributed by atoms with van der Waals surface area (Å²) in [6.07, 6.45) is 2.25. The largest absolute Gasteiger partial charge is 0.377 e. The van der Waals surface area contributed by atoms with Crippen molar-refractivity contribution in [3.63, 3.8) is 0 Å². The number of hydrogen-bond donors (Lipinski definition) is 1. The number of benzene rings is 1. The predicted molar refractivity (Wildman–Crippen MR) is 101 cm³/mol. The van der Waals surface area contributed by atoms with E-state index in [0.29, 0.717) is 17.6 Å². The van der Waals surface area contributed by atoms with Crippen LogP contribution in [0.5, 0.6) is 0 Å². The molecule has 1 N–H and O–H groups in total. The minimum absolute atomic E-state index is 0.164. The number of carbonyl (C=O) groups is 1. The van der Waals surface area contributed by atoms with Gasteiger partial charge in [-0.1, -0.05) is 22.0 Å². The summed E-state index contributed by atoms with van der Waals surface area (Å²) in [5, 5.41) is 4.68. The molecule has 2 heterocycles. The lowest BCUT2D eigenvalue weighted by Gasteiger charge is -2.24. The van der Waals surface area contributed by atoms with E-state index in [1.807, 2.05) is 11.4 Å². The highest BCUT2D eigenvalue weighted by Crippen LogP contribution is 2.20. The van der Waals surface area contributed by atoms with Crippen LogP contribution < -0.4 is 5.32 Å². The molecule has 1 atom stereocenters. The minimum atomic E-state index is -0.452. The molecule has 0 spiro atoms. The van der Waals surface area contributed by atoms with Gasteiger partial charge in [0, 0.05) is 29.0 Å². The molecule has 7 heteroatoms. The van der Waals surface area contributed by atoms with Crippen LogP contribution in [0.2, 0.25) is 0 Å². The highest BCUT2D eigenvalue weighted by atomic mass is 79.9. The first-order chi connectivity index (χ1) is 12.1. The Morgan fingerprint density at radius 1 is 1.44 bits per heavy atom. The fraction of sp³-hybridized carbons (Fsp3) is 0.389. The fourth-order valence-corrected chi connectivity index (χ4v) is 3.95. The van der Waals surface area contributed by atoms with Gasteiger partial charge in [-0.2, -0.15) is 0 Å². The maximum atomic E-state index is 13.9. The fourth-order valence-electron chi connectivity index (χ4n) is 2.87. The monoisotopic (exact) mass is 426 g/mol. The Morgan fingerprint density at radius 3 is 3.00 bits per heavy atom. The average Bonchev–Trinajstić information content (AvgIpc) is 3.24. The molecule has 1 aliphatic rings. The van der Waals surface area contributed by atoms with Crippen LogP contribution in [0.25, 0.3) is 0 Å². The standard InChI is InChI=1S/C18H20BrFN2O2S/c19-13-5-6-17(16(20)9-13)21-18(23)12-22(10-14-3-1-7-24-14)11-15-4-2-8-25-15/h2,4-6,8-9,14H,1,3,7,10-12H2,(H,21,23). The first kappa shape index (κ1) is 18.5. The Bertz CT molecular complexity index is 705. The summed E-state index contributed by atoms with van der Waals surface area (Å²) in [5.74, 6) is -0.678. The van der Waals surface area contributed by atoms with Crippen LogP contribution >= 0.6 is 27.3 Å². The smallest absolute Gasteiger partial charge is 0.238 e. The highest BCUT2D eigenvalue weighted by molar-refractivity contribution is 9.10. The number of hydrogen-bond acceptors (Lipinski definition) is 4. The van der Waals surface area contributed by atoms with E-state index in [-0.39, 0.29) is 24.2 Å². The lowest BCUT2D eigenvalue weighted by Crippen LogP contribution is -2.37. The van der Waals surface area contributed by atoms with Gasteiger partial charge in [-0.3, -0.25) is 9.69 Å². The number of nitrogens with one attached hydrogen (secondary N) is 1. The van der Waals surface area contributed by atoms with E-state index in [4.69, 9.17) is 4.74 Å². The second-order valence-corrected chi connectivity index (χ2v) is 8.00. The molecule has 0 radical (unpaired) electrons. The van der Waals surface area contributed by atoms with Gasteiger partial charge in [-0.05, 0) is 42.5 Å². The summed E-state index contributed by atoms with van der Waals surface area (Å²) in [5.41, 5.74) is 0.196. The Balaban J connectivity index is 1.62. The van der Waals surface area contributed by atoms with Gasteiger partial charge in [-0.25, -0.2) is 4.39 Å². The number of thiophene rings is 1. The molecule has 2 aromatic rings. The third-order valence-electron chi connectivity index (χ3n) is 4.02. The third kappa shape index (κ3) is 5.60. The average molecular weight is 427 g/mol. The van der Waals surface area contributed by atoms with Gasteiger partial charge in [0.2, 0.25) is 5.91 Å². The van der Waals surface area contributed by atoms with Gasteiger partial charge in [0.05, 0.1) is 18.3 Å². The number of rotatable bonds is 7. The van der Waals surface area contributed by atoms with Gasteiger partial charge >= 0.3 is 0 Å². The number of ether oxygens (including phenoxy) is 1. The molecule has 3 rings (SSSR count). The van der Waals surface area contributed by atoms with E-state index in [9.17, 15) is 9.18 Å². The molecule has 1 aromatic heterocycles. The molecule has 4 nitrogen and oxygen atoms in total. The number of carbonyl (C=O) groups excluding carboxylic acids is 1. The molecule has 25 heavy (non-hydrogen) atoms. The second kappa shape index (κ2) is 8.89. The van der Waals surface area contributed by atoms with E-state index < -0.39 is 5.82 Å². The SMILES string of the molecule is O=C(CN(Cc1cccs1)CC1CCCO1)Nc1ccc(Br)cc1F. The van der Waals surface area contributed by atoms with E-state index in [0.717, 1.165) is 19.4 Å². The van der Waals surface area contributed by atoms with Crippen LogP contribution in [0, 0.1) is 5.82 Å². The summed E-state index contributed by atoms with van der Waals surface area (Å²) in [4.78, 5) is 15.7. The molecule has 134 valence electrons. The Morgan fingerprint density at radius 2 is 2.32 bits per heavy atom. The van der Waals surface area contributed by atoms with Gasteiger partial charge in [0.25, 0.3) is 0 Å². The summed E-state index contributed by atoms with van der Waals surface area (Å²) in [7, 11) is 0. The van der Waals surface area contributed by atoms with Gasteiger partial charge in [0.1, 0.15) is 5.82 Å². The molecule has 0 bridgehead atoms. The van der Waals surface area contributed by atoms with Crippen LogP contribution in [-0.2, 0) is 16.1 Å². The van der Waals surface area contributed by atoms with Crippen molar-refractivity contribution in [1.29, 1.82) is 0 Å². The lowest BCUT2D eigenvalue weighted by molar-refractivity contribution is -0.117. The van der Waals surface area contributed by atoms with Crippen molar-refractivity contribution in [1.82, 2.24) is 4.90 Å². The molecule has 1 aromatic carbocycles. The van der Waals surface area contributed by atoms with Gasteiger partial charge in [0.15, 0.2) is 0 Å². The summed E-state index contributed by atoms with van der Waals surface area (Å²) in [6, 6.07) is 8.65. The van der Waals surface area contributed by atoms with Crippen LogP contribution in [0.4, 0.5) is 10.1 Å². The van der Waals surface area contributed by atoms with Crippen LogP contribution in [0.3, 0.4) is 0 Å². The second-order valence-electron chi connectivity index (χ2n) is 6.06. The maximum Gasteiger partial charge on any atom is 0.238 e. The van der Waals surface area contributed by atoms with Gasteiger partial charge in [-0.15, -0.1) is 11.3 Å². The number of halogens is 2. The van der Waals surface area contributed by atoms with Crippen molar-refractivity contribution in [3.8, 4) is 0 Å². The molecule has 0 aliphatic carbocycles. The van der Waals surface area contributed by atoms with E-state index >= 15 is 0 Å². The third-order valence-corrected chi connectivity index (χ3v) is 5.37.